The van der Waals surface area contributed by atoms with Crippen LogP contribution in [0.4, 0.5) is 11.8 Å². The zero-order valence-electron chi connectivity index (χ0n) is 11.9. The molecule has 2 N–H and O–H groups in total. The molecule has 0 radical (unpaired) electrons. The van der Waals surface area contributed by atoms with Gasteiger partial charge in [-0.1, -0.05) is 13.3 Å². The van der Waals surface area contributed by atoms with Gasteiger partial charge in [-0.15, -0.1) is 11.3 Å². The van der Waals surface area contributed by atoms with Crippen molar-refractivity contribution in [1.82, 2.24) is 15.0 Å². The van der Waals surface area contributed by atoms with E-state index in [9.17, 15) is 0 Å². The molecule has 0 unspecified atom stereocenters. The van der Waals surface area contributed by atoms with Gasteiger partial charge in [0.15, 0.2) is 5.82 Å². The molecule has 0 aromatic carbocycles. The summed E-state index contributed by atoms with van der Waals surface area (Å²) in [6.45, 7) is 5.23. The van der Waals surface area contributed by atoms with E-state index >= 15 is 0 Å². The molecule has 0 atom stereocenters. The van der Waals surface area contributed by atoms with Crippen molar-refractivity contribution in [3.05, 3.63) is 11.4 Å². The van der Waals surface area contributed by atoms with Crippen LogP contribution in [0.1, 0.15) is 32.6 Å². The Morgan fingerprint density at radius 3 is 2.90 bits per heavy atom. The van der Waals surface area contributed by atoms with Crippen molar-refractivity contribution in [2.24, 2.45) is 0 Å². The average molecular weight is 291 g/mol. The highest BCUT2D eigenvalue weighted by Gasteiger charge is 2.14. The van der Waals surface area contributed by atoms with Crippen LogP contribution in [0.25, 0.3) is 10.2 Å². The van der Waals surface area contributed by atoms with E-state index in [1.165, 1.54) is 19.3 Å². The second-order valence-electron chi connectivity index (χ2n) is 5.12. The predicted octanol–water partition coefficient (Wildman–Crippen LogP) is 3.33. The predicted molar refractivity (Wildman–Crippen MR) is 85.2 cm³/mol. The van der Waals surface area contributed by atoms with Gasteiger partial charge in [-0.2, -0.15) is 4.98 Å². The Morgan fingerprint density at radius 2 is 2.10 bits per heavy atom. The standard InChI is InChI=1S/C14H21N5S/c1-2-7-15-14-16-12(11-6-10-20-13(11)17-14)18-19-8-4-3-5-9-19/h6,10H,2-5,7-9H2,1H3,(H2,15,16,17,18). The Balaban J connectivity index is 1.84. The number of fused-ring (bicyclic) bond motifs is 1. The Labute approximate surface area is 123 Å². The highest BCUT2D eigenvalue weighted by molar-refractivity contribution is 7.16. The molecule has 0 amide bonds. The number of nitrogens with zero attached hydrogens (tertiary/aromatic N) is 3. The third-order valence-electron chi connectivity index (χ3n) is 3.48. The van der Waals surface area contributed by atoms with Gasteiger partial charge in [0.2, 0.25) is 5.95 Å². The van der Waals surface area contributed by atoms with Gasteiger partial charge < -0.3 is 10.7 Å². The average Bonchev–Trinajstić information content (AvgIpc) is 2.95. The van der Waals surface area contributed by atoms with Gasteiger partial charge in [-0.05, 0) is 30.7 Å². The van der Waals surface area contributed by atoms with Crippen LogP contribution in [0.15, 0.2) is 11.4 Å². The van der Waals surface area contributed by atoms with Crippen molar-refractivity contribution in [3.8, 4) is 0 Å². The Hall–Kier alpha value is -1.40. The summed E-state index contributed by atoms with van der Waals surface area (Å²) in [5.41, 5.74) is 3.48. The summed E-state index contributed by atoms with van der Waals surface area (Å²) in [4.78, 5) is 10.2. The third kappa shape index (κ3) is 3.02. The first kappa shape index (κ1) is 13.6. The molecule has 0 spiro atoms. The minimum absolute atomic E-state index is 0.723. The number of thiophene rings is 1. The van der Waals surface area contributed by atoms with Gasteiger partial charge in [-0.25, -0.2) is 9.99 Å². The SMILES string of the molecule is CCCNc1nc(NN2CCCCC2)c2ccsc2n1. The molecule has 5 nitrogen and oxygen atoms in total. The van der Waals surface area contributed by atoms with Crippen LogP contribution in [0.5, 0.6) is 0 Å². The molecule has 0 bridgehead atoms. The highest BCUT2D eigenvalue weighted by Crippen LogP contribution is 2.27. The second-order valence-corrected chi connectivity index (χ2v) is 6.02. The molecular weight excluding hydrogens is 270 g/mol. The summed E-state index contributed by atoms with van der Waals surface area (Å²) in [5, 5.41) is 8.74. The Bertz CT molecular complexity index is 562. The Kier molecular flexibility index (Phi) is 4.32. The van der Waals surface area contributed by atoms with Crippen molar-refractivity contribution >= 4 is 33.3 Å². The summed E-state index contributed by atoms with van der Waals surface area (Å²) < 4.78 is 0. The molecule has 1 aliphatic heterocycles. The molecule has 3 rings (SSSR count). The van der Waals surface area contributed by atoms with Crippen LogP contribution in [0, 0.1) is 0 Å². The lowest BCUT2D eigenvalue weighted by Gasteiger charge is -2.27. The van der Waals surface area contributed by atoms with E-state index in [4.69, 9.17) is 0 Å². The van der Waals surface area contributed by atoms with E-state index in [1.54, 1.807) is 11.3 Å². The van der Waals surface area contributed by atoms with Crippen LogP contribution in [0.3, 0.4) is 0 Å². The van der Waals surface area contributed by atoms with Gasteiger partial charge in [0.05, 0.1) is 5.39 Å². The first-order valence-corrected chi connectivity index (χ1v) is 8.25. The van der Waals surface area contributed by atoms with Crippen LogP contribution in [0.2, 0.25) is 0 Å². The lowest BCUT2D eigenvalue weighted by Crippen LogP contribution is -2.35. The van der Waals surface area contributed by atoms with Crippen molar-refractivity contribution in [2.45, 2.75) is 32.6 Å². The molecule has 108 valence electrons. The minimum Gasteiger partial charge on any atom is -0.354 e. The number of aromatic nitrogens is 2. The fraction of sp³-hybridized carbons (Fsp3) is 0.571. The maximum absolute atomic E-state index is 4.64. The van der Waals surface area contributed by atoms with E-state index in [0.29, 0.717) is 0 Å². The molecule has 2 aromatic heterocycles. The van der Waals surface area contributed by atoms with Gasteiger partial charge in [0.1, 0.15) is 4.83 Å². The number of rotatable bonds is 5. The zero-order chi connectivity index (χ0) is 13.8. The second kappa shape index (κ2) is 6.37. The quantitative estimate of drug-likeness (QED) is 0.885. The fourth-order valence-electron chi connectivity index (χ4n) is 2.41. The van der Waals surface area contributed by atoms with Gasteiger partial charge >= 0.3 is 0 Å². The molecule has 6 heteroatoms. The molecule has 1 aliphatic rings. The maximum Gasteiger partial charge on any atom is 0.226 e. The van der Waals surface area contributed by atoms with Crippen molar-refractivity contribution in [2.75, 3.05) is 30.4 Å². The van der Waals surface area contributed by atoms with Crippen LogP contribution in [-0.4, -0.2) is 34.6 Å². The minimum atomic E-state index is 0.723. The first-order valence-electron chi connectivity index (χ1n) is 7.37. The Morgan fingerprint density at radius 1 is 1.25 bits per heavy atom. The van der Waals surface area contributed by atoms with E-state index in [2.05, 4.69) is 44.1 Å². The fourth-order valence-corrected chi connectivity index (χ4v) is 3.18. The summed E-state index contributed by atoms with van der Waals surface area (Å²) in [6, 6.07) is 2.09. The number of nitrogens with one attached hydrogen (secondary N) is 2. The number of piperidine rings is 1. The monoisotopic (exact) mass is 291 g/mol. The molecule has 20 heavy (non-hydrogen) atoms. The first-order chi connectivity index (χ1) is 9.86. The number of hydrogen-bond acceptors (Lipinski definition) is 6. The summed E-state index contributed by atoms with van der Waals surface area (Å²) in [7, 11) is 0. The topological polar surface area (TPSA) is 53.1 Å². The van der Waals surface area contributed by atoms with Gasteiger partial charge in [-0.3, -0.25) is 0 Å². The molecule has 1 fully saturated rings. The van der Waals surface area contributed by atoms with Gasteiger partial charge in [0.25, 0.3) is 0 Å². The highest BCUT2D eigenvalue weighted by atomic mass is 32.1. The van der Waals surface area contributed by atoms with E-state index < -0.39 is 0 Å². The number of anilines is 2. The largest absolute Gasteiger partial charge is 0.354 e. The number of hydrogen-bond donors (Lipinski definition) is 2. The lowest BCUT2D eigenvalue weighted by atomic mass is 10.2. The summed E-state index contributed by atoms with van der Waals surface area (Å²) in [6.07, 6.45) is 4.91. The van der Waals surface area contributed by atoms with Crippen molar-refractivity contribution in [1.29, 1.82) is 0 Å². The van der Waals surface area contributed by atoms with Crippen LogP contribution in [-0.2, 0) is 0 Å². The third-order valence-corrected chi connectivity index (χ3v) is 4.28. The van der Waals surface area contributed by atoms with E-state index in [0.717, 1.165) is 48.0 Å². The normalized spacial score (nSPS) is 16.4. The molecule has 2 aromatic rings. The molecular formula is C14H21N5S. The van der Waals surface area contributed by atoms with Crippen molar-refractivity contribution < 1.29 is 0 Å². The summed E-state index contributed by atoms with van der Waals surface area (Å²) in [5.74, 6) is 1.65. The molecule has 3 heterocycles. The van der Waals surface area contributed by atoms with Crippen LogP contribution >= 0.6 is 11.3 Å². The molecule has 0 aliphatic carbocycles. The lowest BCUT2D eigenvalue weighted by molar-refractivity contribution is 0.272. The zero-order valence-corrected chi connectivity index (χ0v) is 12.7. The molecule has 1 saturated heterocycles. The summed E-state index contributed by atoms with van der Waals surface area (Å²) >= 11 is 1.66. The van der Waals surface area contributed by atoms with Crippen molar-refractivity contribution in [3.63, 3.8) is 0 Å². The van der Waals surface area contributed by atoms with E-state index in [1.807, 2.05) is 0 Å². The van der Waals surface area contributed by atoms with Crippen LogP contribution < -0.4 is 10.7 Å². The maximum atomic E-state index is 4.64. The smallest absolute Gasteiger partial charge is 0.226 e. The number of hydrazine groups is 1. The molecule has 0 saturated carbocycles. The van der Waals surface area contributed by atoms with Gasteiger partial charge in [0, 0.05) is 19.6 Å². The van der Waals surface area contributed by atoms with E-state index in [-0.39, 0.29) is 0 Å².